The number of hydrogen-bond donors (Lipinski definition) is 0. The van der Waals surface area contributed by atoms with Gasteiger partial charge in [0.25, 0.3) is 0 Å². The number of rotatable bonds is 6. The van der Waals surface area contributed by atoms with Crippen molar-refractivity contribution in [2.45, 2.75) is 33.1 Å². The van der Waals surface area contributed by atoms with Crippen molar-refractivity contribution >= 4 is 49.6 Å². The average molecular weight is 757 g/mol. The topological polar surface area (TPSA) is 8.17 Å². The zero-order chi connectivity index (χ0) is 39.8. The van der Waals surface area contributed by atoms with E-state index < -0.39 is 0 Å². The van der Waals surface area contributed by atoms with Gasteiger partial charge in [-0.25, -0.2) is 0 Å². The van der Waals surface area contributed by atoms with Gasteiger partial charge in [-0.3, -0.25) is 0 Å². The zero-order valence-electron chi connectivity index (χ0n) is 33.9. The van der Waals surface area contributed by atoms with Crippen molar-refractivity contribution in [2.24, 2.45) is 0 Å². The molecule has 0 spiro atoms. The van der Waals surface area contributed by atoms with Gasteiger partial charge >= 0.3 is 0 Å². The molecule has 0 bridgehead atoms. The second kappa shape index (κ2) is 13.5. The molecule has 0 saturated carbocycles. The van der Waals surface area contributed by atoms with Gasteiger partial charge in [-0.05, 0) is 147 Å². The standard InChI is InChI=1S/C57H44N2/c1-37-34-56(38(2)33-50(37)41-27-32-55-51(35-41)49-21-11-13-24-54(49)59(55)42-17-6-5-7-18-42)58(44-30-31-48-47-20-10-12-23-52(47)57(3,4)53(48)36-44)43-28-25-40(26-29-43)46-22-14-16-39-15-8-9-19-45(39)46/h5-36H,1-4H3. The van der Waals surface area contributed by atoms with E-state index in [2.05, 4.69) is 231 Å². The first-order valence-corrected chi connectivity index (χ1v) is 20.7. The molecule has 1 aliphatic rings. The van der Waals surface area contributed by atoms with Crippen molar-refractivity contribution < 1.29 is 0 Å². The SMILES string of the molecule is Cc1cc(N(c2ccc(-c3cccc4ccccc34)cc2)c2ccc3c(c2)C(C)(C)c2ccccc2-3)c(C)cc1-c1ccc2c(c1)c1ccccc1n2-c1ccccc1. The number of nitrogens with zero attached hydrogens (tertiary/aromatic N) is 2. The minimum atomic E-state index is -0.108. The third-order valence-corrected chi connectivity index (χ3v) is 12.8. The summed E-state index contributed by atoms with van der Waals surface area (Å²) < 4.78 is 2.38. The summed E-state index contributed by atoms with van der Waals surface area (Å²) in [5, 5.41) is 5.05. The Morgan fingerprint density at radius 1 is 0.407 bits per heavy atom. The van der Waals surface area contributed by atoms with Crippen LogP contribution in [0.2, 0.25) is 0 Å². The summed E-state index contributed by atoms with van der Waals surface area (Å²) >= 11 is 0. The van der Waals surface area contributed by atoms with Gasteiger partial charge in [-0.1, -0.05) is 141 Å². The molecule has 0 amide bonds. The van der Waals surface area contributed by atoms with Gasteiger partial charge in [0.1, 0.15) is 0 Å². The third kappa shape index (κ3) is 5.55. The van der Waals surface area contributed by atoms with Crippen LogP contribution in [-0.4, -0.2) is 4.57 Å². The number of anilines is 3. The van der Waals surface area contributed by atoms with Gasteiger partial charge < -0.3 is 9.47 Å². The fourth-order valence-corrected chi connectivity index (χ4v) is 9.87. The fourth-order valence-electron chi connectivity index (χ4n) is 9.87. The molecule has 11 rings (SSSR count). The molecule has 0 aliphatic heterocycles. The monoisotopic (exact) mass is 756 g/mol. The predicted octanol–water partition coefficient (Wildman–Crippen LogP) is 15.7. The Morgan fingerprint density at radius 2 is 1.05 bits per heavy atom. The quantitative estimate of drug-likeness (QED) is 0.164. The fraction of sp³-hybridized carbons (Fsp3) is 0.0877. The molecule has 0 atom stereocenters. The molecule has 9 aromatic carbocycles. The summed E-state index contributed by atoms with van der Waals surface area (Å²) in [6, 6.07) is 71.6. The second-order valence-corrected chi connectivity index (χ2v) is 16.7. The molecule has 2 heteroatoms. The van der Waals surface area contributed by atoms with Crippen molar-refractivity contribution in [1.82, 2.24) is 4.57 Å². The van der Waals surface area contributed by atoms with E-state index >= 15 is 0 Å². The minimum absolute atomic E-state index is 0.108. The maximum atomic E-state index is 2.47. The van der Waals surface area contributed by atoms with Crippen LogP contribution in [0.1, 0.15) is 36.1 Å². The molecule has 0 unspecified atom stereocenters. The van der Waals surface area contributed by atoms with Crippen LogP contribution < -0.4 is 4.90 Å². The van der Waals surface area contributed by atoms with Crippen molar-refractivity contribution in [1.29, 1.82) is 0 Å². The summed E-state index contributed by atoms with van der Waals surface area (Å²) in [7, 11) is 0. The Balaban J connectivity index is 1.05. The number of aromatic nitrogens is 1. The largest absolute Gasteiger partial charge is 0.310 e. The van der Waals surface area contributed by atoms with Crippen LogP contribution in [0.5, 0.6) is 0 Å². The van der Waals surface area contributed by atoms with Crippen molar-refractivity contribution in [2.75, 3.05) is 4.90 Å². The summed E-state index contributed by atoms with van der Waals surface area (Å²) in [5.74, 6) is 0. The first-order valence-electron chi connectivity index (χ1n) is 20.7. The molecule has 0 radical (unpaired) electrons. The van der Waals surface area contributed by atoms with E-state index in [9.17, 15) is 0 Å². The van der Waals surface area contributed by atoms with Crippen LogP contribution in [-0.2, 0) is 5.41 Å². The van der Waals surface area contributed by atoms with Crippen molar-refractivity contribution in [3.63, 3.8) is 0 Å². The molecule has 1 heterocycles. The van der Waals surface area contributed by atoms with Crippen LogP contribution >= 0.6 is 0 Å². The number of aryl methyl sites for hydroxylation is 2. The van der Waals surface area contributed by atoms with Crippen LogP contribution in [0.15, 0.2) is 194 Å². The highest BCUT2D eigenvalue weighted by Crippen LogP contribution is 2.51. The Kier molecular flexibility index (Phi) is 8.00. The third-order valence-electron chi connectivity index (χ3n) is 12.8. The van der Waals surface area contributed by atoms with Crippen LogP contribution in [0.25, 0.3) is 71.6 Å². The smallest absolute Gasteiger partial charge is 0.0541 e. The van der Waals surface area contributed by atoms with Crippen LogP contribution in [0.3, 0.4) is 0 Å². The summed E-state index contributed by atoms with van der Waals surface area (Å²) in [6.07, 6.45) is 0. The van der Waals surface area contributed by atoms with Crippen molar-refractivity contribution in [3.8, 4) is 39.1 Å². The molecule has 282 valence electrons. The number of para-hydroxylation sites is 2. The Bertz CT molecular complexity index is 3250. The van der Waals surface area contributed by atoms with E-state index in [1.54, 1.807) is 0 Å². The molecule has 1 aromatic heterocycles. The predicted molar refractivity (Wildman–Crippen MR) is 251 cm³/mol. The summed E-state index contributed by atoms with van der Waals surface area (Å²) in [4.78, 5) is 2.47. The van der Waals surface area contributed by atoms with E-state index in [-0.39, 0.29) is 5.41 Å². The summed E-state index contributed by atoms with van der Waals surface area (Å²) in [6.45, 7) is 9.26. The Hall–Kier alpha value is -7.16. The molecule has 10 aromatic rings. The van der Waals surface area contributed by atoms with E-state index in [4.69, 9.17) is 0 Å². The van der Waals surface area contributed by atoms with E-state index in [0.29, 0.717) is 0 Å². The highest BCUT2D eigenvalue weighted by Gasteiger charge is 2.36. The molecular weight excluding hydrogens is 713 g/mol. The highest BCUT2D eigenvalue weighted by molar-refractivity contribution is 6.10. The average Bonchev–Trinajstić information content (AvgIpc) is 3.73. The molecule has 0 fully saturated rings. The molecule has 2 nitrogen and oxygen atoms in total. The van der Waals surface area contributed by atoms with Gasteiger partial charge in [0, 0.05) is 38.9 Å². The first kappa shape index (κ1) is 35.0. The van der Waals surface area contributed by atoms with Gasteiger partial charge in [0.15, 0.2) is 0 Å². The maximum Gasteiger partial charge on any atom is 0.0541 e. The van der Waals surface area contributed by atoms with E-state index in [1.807, 2.05) is 0 Å². The van der Waals surface area contributed by atoms with E-state index in [0.717, 1.165) is 11.4 Å². The first-order chi connectivity index (χ1) is 28.8. The van der Waals surface area contributed by atoms with Crippen LogP contribution in [0, 0.1) is 13.8 Å². The number of hydrogen-bond acceptors (Lipinski definition) is 1. The molecule has 59 heavy (non-hydrogen) atoms. The number of fused-ring (bicyclic) bond motifs is 7. The molecular formula is C57H44N2. The number of benzene rings is 9. The Labute approximate surface area is 346 Å². The lowest BCUT2D eigenvalue weighted by Crippen LogP contribution is -2.17. The second-order valence-electron chi connectivity index (χ2n) is 16.7. The maximum absolute atomic E-state index is 2.47. The lowest BCUT2D eigenvalue weighted by atomic mass is 9.82. The highest BCUT2D eigenvalue weighted by atomic mass is 15.1. The van der Waals surface area contributed by atoms with Gasteiger partial charge in [-0.15, -0.1) is 0 Å². The molecule has 1 aliphatic carbocycles. The van der Waals surface area contributed by atoms with Crippen molar-refractivity contribution in [3.05, 3.63) is 216 Å². The minimum Gasteiger partial charge on any atom is -0.310 e. The summed E-state index contributed by atoms with van der Waals surface area (Å²) in [5.41, 5.74) is 19.8. The normalized spacial score (nSPS) is 12.9. The molecule has 0 saturated heterocycles. The van der Waals surface area contributed by atoms with E-state index in [1.165, 1.54) is 99.6 Å². The van der Waals surface area contributed by atoms with Gasteiger partial charge in [-0.2, -0.15) is 0 Å². The zero-order valence-corrected chi connectivity index (χ0v) is 33.9. The van der Waals surface area contributed by atoms with Gasteiger partial charge in [0.2, 0.25) is 0 Å². The lowest BCUT2D eigenvalue weighted by Gasteiger charge is -2.30. The Morgan fingerprint density at radius 3 is 1.90 bits per heavy atom. The lowest BCUT2D eigenvalue weighted by molar-refractivity contribution is 0.660. The van der Waals surface area contributed by atoms with Gasteiger partial charge in [0.05, 0.1) is 11.0 Å². The van der Waals surface area contributed by atoms with Crippen LogP contribution in [0.4, 0.5) is 17.1 Å². The molecule has 0 N–H and O–H groups in total.